The molecule has 0 atom stereocenters. The quantitative estimate of drug-likeness (QED) is 0.550. The molecule has 0 radical (unpaired) electrons. The summed E-state index contributed by atoms with van der Waals surface area (Å²) in [6, 6.07) is 7.44. The van der Waals surface area contributed by atoms with Crippen molar-refractivity contribution in [2.24, 2.45) is 0 Å². The molecule has 0 aliphatic heterocycles. The van der Waals surface area contributed by atoms with E-state index in [2.05, 4.69) is 29.2 Å². The van der Waals surface area contributed by atoms with Gasteiger partial charge in [-0.2, -0.15) is 5.10 Å². The van der Waals surface area contributed by atoms with Gasteiger partial charge in [-0.05, 0) is 44.0 Å². The van der Waals surface area contributed by atoms with Gasteiger partial charge in [0.05, 0.1) is 17.1 Å². The summed E-state index contributed by atoms with van der Waals surface area (Å²) in [7, 11) is 0. The number of carbonyl (C=O) groups is 1. The highest BCUT2D eigenvalue weighted by atomic mass is 16.3. The molecule has 4 aromatic rings. The summed E-state index contributed by atoms with van der Waals surface area (Å²) >= 11 is 0. The van der Waals surface area contributed by atoms with Crippen LogP contribution in [0, 0.1) is 6.92 Å². The minimum Gasteiger partial charge on any atom is -0.441 e. The van der Waals surface area contributed by atoms with Gasteiger partial charge in [0.2, 0.25) is 0 Å². The van der Waals surface area contributed by atoms with Crippen molar-refractivity contribution in [1.82, 2.24) is 19.7 Å². The van der Waals surface area contributed by atoms with Gasteiger partial charge < -0.3 is 9.73 Å². The number of aryl methyl sites for hydroxylation is 1. The lowest BCUT2D eigenvalue weighted by Crippen LogP contribution is -2.14. The molecule has 1 amide bonds. The fraction of sp³-hybridized carbons (Fsp3) is 0.333. The number of benzene rings is 1. The number of aromatic nitrogens is 4. The van der Waals surface area contributed by atoms with Crippen LogP contribution in [-0.4, -0.2) is 25.7 Å². The van der Waals surface area contributed by atoms with Crippen LogP contribution in [0.4, 0.5) is 5.69 Å². The Kier molecular flexibility index (Phi) is 4.37. The zero-order valence-corrected chi connectivity index (χ0v) is 16.6. The van der Waals surface area contributed by atoms with E-state index in [1.54, 1.807) is 13.1 Å². The molecule has 0 saturated heterocycles. The van der Waals surface area contributed by atoms with Crippen molar-refractivity contribution < 1.29 is 9.21 Å². The Bertz CT molecular complexity index is 1190. The van der Waals surface area contributed by atoms with Crippen LogP contribution in [0.2, 0.25) is 0 Å². The van der Waals surface area contributed by atoms with Crippen molar-refractivity contribution in [1.29, 1.82) is 0 Å². The molecule has 7 nitrogen and oxygen atoms in total. The van der Waals surface area contributed by atoms with Crippen molar-refractivity contribution in [2.75, 3.05) is 5.32 Å². The number of rotatable bonds is 4. The standard InChI is InChI=1S/C21H23N5O2/c1-11(2)17-9-15(16-10-22-26(12(3)4)20(16)25-17)21(27)24-14-6-7-19-18(8-14)23-13(5)28-19/h6-12H,1-5H3,(H,24,27). The molecule has 0 unspecified atom stereocenters. The molecular formula is C21H23N5O2. The molecule has 0 saturated carbocycles. The van der Waals surface area contributed by atoms with Gasteiger partial charge in [0.15, 0.2) is 17.1 Å². The molecule has 0 spiro atoms. The number of hydrogen-bond donors (Lipinski definition) is 1. The van der Waals surface area contributed by atoms with E-state index >= 15 is 0 Å². The van der Waals surface area contributed by atoms with Gasteiger partial charge in [0, 0.05) is 24.3 Å². The lowest BCUT2D eigenvalue weighted by Gasteiger charge is -2.12. The Morgan fingerprint density at radius 1 is 1.14 bits per heavy atom. The second-order valence-corrected chi connectivity index (χ2v) is 7.54. The van der Waals surface area contributed by atoms with Gasteiger partial charge in [0.25, 0.3) is 5.91 Å². The van der Waals surface area contributed by atoms with Crippen LogP contribution in [-0.2, 0) is 0 Å². The van der Waals surface area contributed by atoms with E-state index < -0.39 is 0 Å². The molecule has 0 aliphatic rings. The molecule has 144 valence electrons. The number of hydrogen-bond acceptors (Lipinski definition) is 5. The van der Waals surface area contributed by atoms with Crippen molar-refractivity contribution in [3.63, 3.8) is 0 Å². The molecular weight excluding hydrogens is 354 g/mol. The summed E-state index contributed by atoms with van der Waals surface area (Å²) in [5.41, 5.74) is 4.24. The second kappa shape index (κ2) is 6.74. The maximum Gasteiger partial charge on any atom is 0.256 e. The van der Waals surface area contributed by atoms with Gasteiger partial charge in [-0.25, -0.2) is 14.6 Å². The van der Waals surface area contributed by atoms with E-state index in [9.17, 15) is 4.79 Å². The average molecular weight is 377 g/mol. The fourth-order valence-corrected chi connectivity index (χ4v) is 3.22. The molecule has 1 N–H and O–H groups in total. The van der Waals surface area contributed by atoms with Crippen LogP contribution >= 0.6 is 0 Å². The first-order valence-corrected chi connectivity index (χ1v) is 9.40. The van der Waals surface area contributed by atoms with Crippen LogP contribution in [0.1, 0.15) is 61.6 Å². The minimum absolute atomic E-state index is 0.154. The van der Waals surface area contributed by atoms with Gasteiger partial charge in [0.1, 0.15) is 5.52 Å². The van der Waals surface area contributed by atoms with Crippen LogP contribution in [0.3, 0.4) is 0 Å². The number of carbonyl (C=O) groups excluding carboxylic acids is 1. The molecule has 0 fully saturated rings. The fourth-order valence-electron chi connectivity index (χ4n) is 3.22. The number of anilines is 1. The van der Waals surface area contributed by atoms with Crippen molar-refractivity contribution in [3.8, 4) is 0 Å². The number of fused-ring (bicyclic) bond motifs is 2. The Balaban J connectivity index is 1.76. The Hall–Kier alpha value is -3.22. The topological polar surface area (TPSA) is 85.8 Å². The van der Waals surface area contributed by atoms with Crippen molar-refractivity contribution in [3.05, 3.63) is 47.6 Å². The van der Waals surface area contributed by atoms with E-state index in [-0.39, 0.29) is 17.9 Å². The highest BCUT2D eigenvalue weighted by Crippen LogP contribution is 2.26. The molecule has 7 heteroatoms. The molecule has 3 heterocycles. The summed E-state index contributed by atoms with van der Waals surface area (Å²) in [6.07, 6.45) is 1.71. The molecule has 3 aromatic heterocycles. The zero-order chi connectivity index (χ0) is 20.0. The van der Waals surface area contributed by atoms with Gasteiger partial charge >= 0.3 is 0 Å². The third-order valence-electron chi connectivity index (χ3n) is 4.66. The lowest BCUT2D eigenvalue weighted by molar-refractivity contribution is 0.102. The molecule has 1 aromatic carbocycles. The SMILES string of the molecule is Cc1nc2cc(NC(=O)c3cc(C(C)C)nc4c3cnn4C(C)C)ccc2o1. The van der Waals surface area contributed by atoms with E-state index in [4.69, 9.17) is 9.40 Å². The summed E-state index contributed by atoms with van der Waals surface area (Å²) in [6.45, 7) is 10.0. The third-order valence-corrected chi connectivity index (χ3v) is 4.66. The maximum atomic E-state index is 13.1. The van der Waals surface area contributed by atoms with E-state index in [1.807, 2.05) is 42.8 Å². The van der Waals surface area contributed by atoms with Crippen LogP contribution in [0.25, 0.3) is 22.1 Å². The van der Waals surface area contributed by atoms with Crippen LogP contribution in [0.5, 0.6) is 0 Å². The number of pyridine rings is 1. The van der Waals surface area contributed by atoms with Crippen molar-refractivity contribution in [2.45, 2.75) is 46.6 Å². The molecule has 28 heavy (non-hydrogen) atoms. The predicted octanol–water partition coefficient (Wildman–Crippen LogP) is 4.84. The maximum absolute atomic E-state index is 13.1. The van der Waals surface area contributed by atoms with Gasteiger partial charge in [-0.1, -0.05) is 13.8 Å². The Morgan fingerprint density at radius 2 is 1.93 bits per heavy atom. The third kappa shape index (κ3) is 3.13. The zero-order valence-electron chi connectivity index (χ0n) is 16.6. The number of amides is 1. The normalized spacial score (nSPS) is 11.8. The molecule has 0 aliphatic carbocycles. The number of nitrogens with one attached hydrogen (secondary N) is 1. The van der Waals surface area contributed by atoms with Gasteiger partial charge in [-0.3, -0.25) is 4.79 Å². The average Bonchev–Trinajstić information content (AvgIpc) is 3.22. The highest BCUT2D eigenvalue weighted by Gasteiger charge is 2.19. The highest BCUT2D eigenvalue weighted by molar-refractivity contribution is 6.12. The largest absolute Gasteiger partial charge is 0.441 e. The first-order chi connectivity index (χ1) is 13.3. The lowest BCUT2D eigenvalue weighted by atomic mass is 10.0. The summed E-state index contributed by atoms with van der Waals surface area (Å²) in [5, 5.41) is 8.16. The number of oxazole rings is 1. The van der Waals surface area contributed by atoms with E-state index in [1.165, 1.54) is 0 Å². The van der Waals surface area contributed by atoms with E-state index in [0.29, 0.717) is 28.2 Å². The van der Waals surface area contributed by atoms with Crippen LogP contribution < -0.4 is 5.32 Å². The Labute approximate surface area is 162 Å². The predicted molar refractivity (Wildman–Crippen MR) is 109 cm³/mol. The molecule has 0 bridgehead atoms. The second-order valence-electron chi connectivity index (χ2n) is 7.54. The summed E-state index contributed by atoms with van der Waals surface area (Å²) < 4.78 is 7.34. The Morgan fingerprint density at radius 3 is 2.64 bits per heavy atom. The van der Waals surface area contributed by atoms with Crippen LogP contribution in [0.15, 0.2) is 34.9 Å². The summed E-state index contributed by atoms with van der Waals surface area (Å²) in [4.78, 5) is 22.2. The monoisotopic (exact) mass is 377 g/mol. The minimum atomic E-state index is -0.197. The first kappa shape index (κ1) is 18.2. The summed E-state index contributed by atoms with van der Waals surface area (Å²) in [5.74, 6) is 0.593. The number of nitrogens with zero attached hydrogens (tertiary/aromatic N) is 4. The van der Waals surface area contributed by atoms with E-state index in [0.717, 1.165) is 16.7 Å². The molecule has 4 rings (SSSR count). The van der Waals surface area contributed by atoms with Gasteiger partial charge in [-0.15, -0.1) is 0 Å². The first-order valence-electron chi connectivity index (χ1n) is 9.40. The van der Waals surface area contributed by atoms with Crippen molar-refractivity contribution >= 4 is 33.7 Å². The smallest absolute Gasteiger partial charge is 0.256 e.